The van der Waals surface area contributed by atoms with Crippen molar-refractivity contribution in [3.63, 3.8) is 0 Å². The van der Waals surface area contributed by atoms with Gasteiger partial charge >= 0.3 is 0 Å². The van der Waals surface area contributed by atoms with Crippen LogP contribution >= 0.6 is 23.2 Å². The Balaban J connectivity index is 1.82. The lowest BCUT2D eigenvalue weighted by Crippen LogP contribution is -2.13. The van der Waals surface area contributed by atoms with Gasteiger partial charge in [-0.05, 0) is 47.4 Å². The van der Waals surface area contributed by atoms with Crippen LogP contribution in [0.4, 0.5) is 0 Å². The van der Waals surface area contributed by atoms with Crippen LogP contribution in [0.2, 0.25) is 10.0 Å². The van der Waals surface area contributed by atoms with Crippen molar-refractivity contribution in [3.8, 4) is 5.75 Å². The van der Waals surface area contributed by atoms with Crippen LogP contribution in [0.3, 0.4) is 0 Å². The molecule has 0 saturated carbocycles. The molecular weight excluding hydrogens is 293 g/mol. The lowest BCUT2D eigenvalue weighted by molar-refractivity contribution is 0.357. The maximum absolute atomic E-state index is 6.30. The summed E-state index contributed by atoms with van der Waals surface area (Å²) in [6, 6.07) is 11.5. The van der Waals surface area contributed by atoms with E-state index in [1.807, 2.05) is 24.3 Å². The predicted octanol–water partition coefficient (Wildman–Crippen LogP) is 4.17. The Labute approximate surface area is 128 Å². The quantitative estimate of drug-likeness (QED) is 0.923. The first kappa shape index (κ1) is 13.7. The minimum Gasteiger partial charge on any atom is -0.493 e. The van der Waals surface area contributed by atoms with E-state index < -0.39 is 0 Å². The molecule has 1 atom stereocenters. The number of halogens is 2. The molecule has 0 bridgehead atoms. The average molecular weight is 308 g/mol. The zero-order valence-corrected chi connectivity index (χ0v) is 12.4. The number of hydrogen-bond donors (Lipinski definition) is 1. The highest BCUT2D eigenvalue weighted by Crippen LogP contribution is 2.30. The highest BCUT2D eigenvalue weighted by molar-refractivity contribution is 6.33. The largest absolute Gasteiger partial charge is 0.493 e. The van der Waals surface area contributed by atoms with Gasteiger partial charge in [0.25, 0.3) is 0 Å². The van der Waals surface area contributed by atoms with Crippen LogP contribution in [0.25, 0.3) is 0 Å². The van der Waals surface area contributed by atoms with E-state index in [-0.39, 0.29) is 6.04 Å². The van der Waals surface area contributed by atoms with Crippen molar-refractivity contribution in [2.45, 2.75) is 18.9 Å². The van der Waals surface area contributed by atoms with Gasteiger partial charge in [0.2, 0.25) is 0 Å². The molecule has 0 saturated heterocycles. The van der Waals surface area contributed by atoms with Crippen molar-refractivity contribution < 1.29 is 4.74 Å². The Hall–Kier alpha value is -1.22. The molecule has 1 heterocycles. The SMILES string of the molecule is NC(Cc1cc(Cl)ccc1Cl)c1ccc2c(c1)CCO2. The van der Waals surface area contributed by atoms with Crippen molar-refractivity contribution in [1.29, 1.82) is 0 Å². The average Bonchev–Trinajstić information content (AvgIpc) is 2.90. The van der Waals surface area contributed by atoms with Gasteiger partial charge in [0.05, 0.1) is 6.61 Å². The van der Waals surface area contributed by atoms with Crippen LogP contribution in [-0.4, -0.2) is 6.61 Å². The van der Waals surface area contributed by atoms with Crippen molar-refractivity contribution in [1.82, 2.24) is 0 Å². The van der Waals surface area contributed by atoms with Gasteiger partial charge in [-0.2, -0.15) is 0 Å². The summed E-state index contributed by atoms with van der Waals surface area (Å²) in [7, 11) is 0. The van der Waals surface area contributed by atoms with Crippen LogP contribution in [-0.2, 0) is 12.8 Å². The standard InChI is InChI=1S/C16H15Cl2NO/c17-13-2-3-14(18)12(8-13)9-15(19)10-1-4-16-11(7-10)5-6-20-16/h1-4,7-8,15H,5-6,9,19H2. The second-order valence-electron chi connectivity index (χ2n) is 5.01. The zero-order chi connectivity index (χ0) is 14.1. The third-order valence-electron chi connectivity index (χ3n) is 3.59. The molecule has 2 N–H and O–H groups in total. The molecule has 1 aliphatic heterocycles. The van der Waals surface area contributed by atoms with Crippen LogP contribution < -0.4 is 10.5 Å². The predicted molar refractivity (Wildman–Crippen MR) is 82.7 cm³/mol. The molecule has 4 heteroatoms. The van der Waals surface area contributed by atoms with E-state index in [2.05, 4.69) is 6.07 Å². The Morgan fingerprint density at radius 1 is 1.15 bits per heavy atom. The summed E-state index contributed by atoms with van der Waals surface area (Å²) in [5.41, 5.74) is 9.61. The number of hydrogen-bond acceptors (Lipinski definition) is 2. The monoisotopic (exact) mass is 307 g/mol. The van der Waals surface area contributed by atoms with Gasteiger partial charge in [-0.25, -0.2) is 0 Å². The van der Waals surface area contributed by atoms with E-state index in [0.717, 1.165) is 29.9 Å². The maximum Gasteiger partial charge on any atom is 0.122 e. The Bertz CT molecular complexity index is 642. The Kier molecular flexibility index (Phi) is 3.88. The molecular formula is C16H15Cl2NO. The molecule has 2 aromatic rings. The van der Waals surface area contributed by atoms with E-state index in [1.165, 1.54) is 5.56 Å². The molecule has 0 aromatic heterocycles. The van der Waals surface area contributed by atoms with E-state index in [0.29, 0.717) is 16.5 Å². The van der Waals surface area contributed by atoms with Crippen molar-refractivity contribution >= 4 is 23.2 Å². The topological polar surface area (TPSA) is 35.2 Å². The molecule has 20 heavy (non-hydrogen) atoms. The van der Waals surface area contributed by atoms with E-state index in [4.69, 9.17) is 33.7 Å². The first-order valence-corrected chi connectivity index (χ1v) is 7.34. The van der Waals surface area contributed by atoms with Crippen LogP contribution in [0, 0.1) is 0 Å². The number of rotatable bonds is 3. The summed E-state index contributed by atoms with van der Waals surface area (Å²) in [5.74, 6) is 0.974. The van der Waals surface area contributed by atoms with Crippen LogP contribution in [0.5, 0.6) is 5.75 Å². The van der Waals surface area contributed by atoms with Gasteiger partial charge in [-0.3, -0.25) is 0 Å². The second-order valence-corrected chi connectivity index (χ2v) is 5.86. The van der Waals surface area contributed by atoms with Gasteiger partial charge in [0.15, 0.2) is 0 Å². The van der Waals surface area contributed by atoms with Crippen LogP contribution in [0.15, 0.2) is 36.4 Å². The normalized spacial score (nSPS) is 14.8. The summed E-state index contributed by atoms with van der Waals surface area (Å²) in [6.45, 7) is 0.758. The fourth-order valence-electron chi connectivity index (χ4n) is 2.49. The van der Waals surface area contributed by atoms with Crippen molar-refractivity contribution in [2.75, 3.05) is 6.61 Å². The van der Waals surface area contributed by atoms with Gasteiger partial charge in [0.1, 0.15) is 5.75 Å². The molecule has 1 unspecified atom stereocenters. The lowest BCUT2D eigenvalue weighted by Gasteiger charge is -2.14. The fourth-order valence-corrected chi connectivity index (χ4v) is 2.88. The number of benzene rings is 2. The zero-order valence-electron chi connectivity index (χ0n) is 10.9. The fraction of sp³-hybridized carbons (Fsp3) is 0.250. The van der Waals surface area contributed by atoms with Gasteiger partial charge < -0.3 is 10.5 Å². The highest BCUT2D eigenvalue weighted by atomic mass is 35.5. The number of fused-ring (bicyclic) bond motifs is 1. The molecule has 0 spiro atoms. The molecule has 3 rings (SSSR count). The van der Waals surface area contributed by atoms with Crippen molar-refractivity contribution in [3.05, 3.63) is 63.1 Å². The minimum absolute atomic E-state index is 0.100. The lowest BCUT2D eigenvalue weighted by atomic mass is 9.97. The smallest absolute Gasteiger partial charge is 0.122 e. The maximum atomic E-state index is 6.30. The summed E-state index contributed by atoms with van der Waals surface area (Å²) >= 11 is 12.2. The third kappa shape index (κ3) is 2.78. The Morgan fingerprint density at radius 3 is 2.85 bits per heavy atom. The van der Waals surface area contributed by atoms with Gasteiger partial charge in [-0.1, -0.05) is 35.3 Å². The number of ether oxygens (including phenoxy) is 1. The first-order valence-electron chi connectivity index (χ1n) is 6.58. The highest BCUT2D eigenvalue weighted by Gasteiger charge is 2.16. The van der Waals surface area contributed by atoms with E-state index in [1.54, 1.807) is 6.07 Å². The minimum atomic E-state index is -0.100. The Morgan fingerprint density at radius 2 is 2.00 bits per heavy atom. The van der Waals surface area contributed by atoms with Gasteiger partial charge in [-0.15, -0.1) is 0 Å². The molecule has 2 nitrogen and oxygen atoms in total. The molecule has 1 aliphatic rings. The van der Waals surface area contributed by atoms with Crippen LogP contribution in [0.1, 0.15) is 22.7 Å². The third-order valence-corrected chi connectivity index (χ3v) is 4.19. The molecule has 0 radical (unpaired) electrons. The summed E-state index contributed by atoms with van der Waals surface area (Å²) in [5, 5.41) is 1.38. The summed E-state index contributed by atoms with van der Waals surface area (Å²) in [6.07, 6.45) is 1.62. The molecule has 104 valence electrons. The molecule has 2 aromatic carbocycles. The van der Waals surface area contributed by atoms with Crippen molar-refractivity contribution in [2.24, 2.45) is 5.73 Å². The first-order chi connectivity index (χ1) is 9.63. The van der Waals surface area contributed by atoms with Gasteiger partial charge in [0, 0.05) is 22.5 Å². The second kappa shape index (κ2) is 5.65. The number of nitrogens with two attached hydrogens (primary N) is 1. The summed E-state index contributed by atoms with van der Waals surface area (Å²) < 4.78 is 5.51. The van der Waals surface area contributed by atoms with E-state index >= 15 is 0 Å². The van der Waals surface area contributed by atoms with E-state index in [9.17, 15) is 0 Å². The molecule has 0 amide bonds. The molecule has 0 fully saturated rings. The summed E-state index contributed by atoms with van der Waals surface area (Å²) in [4.78, 5) is 0. The molecule has 0 aliphatic carbocycles.